The molecule has 1 fully saturated rings. The van der Waals surface area contributed by atoms with Crippen molar-refractivity contribution in [3.8, 4) is 0 Å². The normalized spacial score (nSPS) is 14.1. The van der Waals surface area contributed by atoms with Crippen molar-refractivity contribution in [2.75, 3.05) is 5.32 Å². The van der Waals surface area contributed by atoms with Gasteiger partial charge >= 0.3 is 12.2 Å². The Morgan fingerprint density at radius 1 is 1.11 bits per heavy atom. The van der Waals surface area contributed by atoms with Crippen molar-refractivity contribution in [2.24, 2.45) is 0 Å². The van der Waals surface area contributed by atoms with Gasteiger partial charge in [-0.3, -0.25) is 4.98 Å². The molecule has 144 valence electrons. The molecule has 0 saturated heterocycles. The molecule has 28 heavy (non-hydrogen) atoms. The van der Waals surface area contributed by atoms with Crippen molar-refractivity contribution >= 4 is 22.5 Å². The number of fused-ring (bicyclic) bond motifs is 1. The number of nitrogens with zero attached hydrogens (tertiary/aromatic N) is 2. The largest absolute Gasteiger partial charge is 0.416 e. The monoisotopic (exact) mass is 385 g/mol. The predicted molar refractivity (Wildman–Crippen MR) is 101 cm³/mol. The number of aromatic nitrogens is 1. The molecule has 7 heteroatoms. The fraction of sp³-hybridized carbons (Fsp3) is 0.238. The molecule has 0 aliphatic heterocycles. The van der Waals surface area contributed by atoms with Gasteiger partial charge in [0.2, 0.25) is 0 Å². The van der Waals surface area contributed by atoms with E-state index in [1.54, 1.807) is 17.3 Å². The zero-order valence-electron chi connectivity index (χ0n) is 14.9. The van der Waals surface area contributed by atoms with Crippen LogP contribution in [0.4, 0.5) is 23.7 Å². The van der Waals surface area contributed by atoms with Crippen LogP contribution in [0.5, 0.6) is 0 Å². The minimum absolute atomic E-state index is 0.110. The van der Waals surface area contributed by atoms with E-state index in [2.05, 4.69) is 10.3 Å². The number of carbonyl (C=O) groups excluding carboxylic acids is 1. The molecule has 1 aromatic heterocycles. The molecule has 0 radical (unpaired) electrons. The number of halogens is 3. The molecular weight excluding hydrogens is 367 g/mol. The highest BCUT2D eigenvalue weighted by Gasteiger charge is 2.33. The molecule has 2 aromatic carbocycles. The molecule has 0 bridgehead atoms. The lowest BCUT2D eigenvalue weighted by molar-refractivity contribution is -0.137. The van der Waals surface area contributed by atoms with Crippen LogP contribution < -0.4 is 5.32 Å². The second-order valence-corrected chi connectivity index (χ2v) is 6.89. The summed E-state index contributed by atoms with van der Waals surface area (Å²) in [6.07, 6.45) is 0.820. The first-order chi connectivity index (χ1) is 13.4. The Labute approximate surface area is 160 Å². The fourth-order valence-corrected chi connectivity index (χ4v) is 3.17. The van der Waals surface area contributed by atoms with Crippen LogP contribution in [-0.2, 0) is 12.7 Å². The fourth-order valence-electron chi connectivity index (χ4n) is 3.17. The summed E-state index contributed by atoms with van der Waals surface area (Å²) >= 11 is 0. The third-order valence-electron chi connectivity index (χ3n) is 4.81. The molecule has 3 aromatic rings. The zero-order chi connectivity index (χ0) is 19.7. The number of alkyl halides is 3. The third kappa shape index (κ3) is 3.93. The van der Waals surface area contributed by atoms with Crippen molar-refractivity contribution in [3.63, 3.8) is 0 Å². The van der Waals surface area contributed by atoms with Gasteiger partial charge in [-0.1, -0.05) is 24.3 Å². The van der Waals surface area contributed by atoms with Gasteiger partial charge in [0.15, 0.2) is 0 Å². The number of nitrogens with one attached hydrogen (secondary N) is 1. The van der Waals surface area contributed by atoms with Gasteiger partial charge in [-0.25, -0.2) is 4.79 Å². The van der Waals surface area contributed by atoms with E-state index in [-0.39, 0.29) is 18.6 Å². The minimum atomic E-state index is -4.37. The number of urea groups is 1. The summed E-state index contributed by atoms with van der Waals surface area (Å²) in [6.45, 7) is 0.265. The molecule has 0 atom stereocenters. The van der Waals surface area contributed by atoms with E-state index in [1.807, 2.05) is 24.3 Å². The number of carbonyl (C=O) groups is 1. The van der Waals surface area contributed by atoms with Crippen LogP contribution in [0.3, 0.4) is 0 Å². The molecule has 1 aliphatic rings. The van der Waals surface area contributed by atoms with Crippen LogP contribution in [0.1, 0.15) is 24.0 Å². The highest BCUT2D eigenvalue weighted by Crippen LogP contribution is 2.32. The second-order valence-electron chi connectivity index (χ2n) is 6.89. The third-order valence-corrected chi connectivity index (χ3v) is 4.81. The number of hydrogen-bond donors (Lipinski definition) is 1. The topological polar surface area (TPSA) is 45.2 Å². The maximum Gasteiger partial charge on any atom is 0.416 e. The number of amides is 2. The lowest BCUT2D eigenvalue weighted by atomic mass is 10.1. The average Bonchev–Trinajstić information content (AvgIpc) is 3.51. The van der Waals surface area contributed by atoms with Gasteiger partial charge in [0, 0.05) is 35.8 Å². The van der Waals surface area contributed by atoms with Crippen molar-refractivity contribution in [1.29, 1.82) is 0 Å². The Bertz CT molecular complexity index is 992. The van der Waals surface area contributed by atoms with Crippen molar-refractivity contribution in [2.45, 2.75) is 31.6 Å². The van der Waals surface area contributed by atoms with Crippen molar-refractivity contribution in [3.05, 3.63) is 72.1 Å². The summed E-state index contributed by atoms with van der Waals surface area (Å²) < 4.78 is 38.2. The van der Waals surface area contributed by atoms with Gasteiger partial charge in [-0.15, -0.1) is 0 Å². The van der Waals surface area contributed by atoms with Crippen LogP contribution in [0.25, 0.3) is 10.8 Å². The zero-order valence-corrected chi connectivity index (χ0v) is 14.9. The number of rotatable bonds is 4. The van der Waals surface area contributed by atoms with E-state index in [0.717, 1.165) is 35.7 Å². The highest BCUT2D eigenvalue weighted by atomic mass is 19.4. The Balaban J connectivity index is 1.52. The Morgan fingerprint density at radius 3 is 2.54 bits per heavy atom. The van der Waals surface area contributed by atoms with Crippen LogP contribution in [0.2, 0.25) is 0 Å². The summed E-state index contributed by atoms with van der Waals surface area (Å²) in [4.78, 5) is 18.7. The molecule has 4 nitrogen and oxygen atoms in total. The molecule has 0 spiro atoms. The number of hydrogen-bond acceptors (Lipinski definition) is 2. The lowest BCUT2D eigenvalue weighted by Crippen LogP contribution is -2.36. The Morgan fingerprint density at radius 2 is 1.86 bits per heavy atom. The van der Waals surface area contributed by atoms with Gasteiger partial charge in [-0.2, -0.15) is 13.2 Å². The molecule has 4 rings (SSSR count). The van der Waals surface area contributed by atoms with E-state index in [0.29, 0.717) is 11.3 Å². The summed E-state index contributed by atoms with van der Waals surface area (Å²) in [7, 11) is 0. The Hall–Kier alpha value is -3.09. The molecule has 0 unspecified atom stereocenters. The maximum atomic E-state index is 12.9. The van der Waals surface area contributed by atoms with Crippen molar-refractivity contribution < 1.29 is 18.0 Å². The van der Waals surface area contributed by atoms with Crippen molar-refractivity contribution in [1.82, 2.24) is 9.88 Å². The van der Waals surface area contributed by atoms with E-state index in [4.69, 9.17) is 0 Å². The predicted octanol–water partition coefficient (Wildman–Crippen LogP) is 5.45. The van der Waals surface area contributed by atoms with E-state index < -0.39 is 11.7 Å². The van der Waals surface area contributed by atoms with Crippen LogP contribution in [0, 0.1) is 0 Å². The van der Waals surface area contributed by atoms with E-state index >= 15 is 0 Å². The molecule has 1 N–H and O–H groups in total. The summed E-state index contributed by atoms with van der Waals surface area (Å²) in [5, 5.41) is 4.74. The number of benzene rings is 2. The van der Waals surface area contributed by atoms with Gasteiger partial charge in [0.05, 0.1) is 11.3 Å². The first kappa shape index (κ1) is 18.3. The van der Waals surface area contributed by atoms with Crippen LogP contribution in [-0.4, -0.2) is 22.0 Å². The second kappa shape index (κ2) is 7.14. The molecular formula is C21H18F3N3O. The average molecular weight is 385 g/mol. The summed E-state index contributed by atoms with van der Waals surface area (Å²) in [6, 6.07) is 12.2. The Kier molecular flexibility index (Phi) is 4.66. The van der Waals surface area contributed by atoms with Crippen LogP contribution >= 0.6 is 0 Å². The van der Waals surface area contributed by atoms with Gasteiger partial charge in [0.25, 0.3) is 0 Å². The van der Waals surface area contributed by atoms with Gasteiger partial charge in [-0.05, 0) is 42.7 Å². The standard InChI is InChI=1S/C21H18F3N3O/c22-21(23,24)16-6-4-14(5-7-16)13-27(17-8-9-17)20(28)26-19-3-1-2-15-12-25-11-10-18(15)19/h1-7,10-12,17H,8-9,13H2,(H,26,28). The number of pyridine rings is 1. The molecule has 2 amide bonds. The molecule has 1 saturated carbocycles. The smallest absolute Gasteiger partial charge is 0.317 e. The summed E-state index contributed by atoms with van der Waals surface area (Å²) in [5.74, 6) is 0. The minimum Gasteiger partial charge on any atom is -0.317 e. The van der Waals surface area contributed by atoms with Crippen LogP contribution in [0.15, 0.2) is 60.9 Å². The quantitative estimate of drug-likeness (QED) is 0.649. The van der Waals surface area contributed by atoms with Gasteiger partial charge in [0.1, 0.15) is 0 Å². The SMILES string of the molecule is O=C(Nc1cccc2cnccc12)N(Cc1ccc(C(F)(F)F)cc1)C1CC1. The van der Waals surface area contributed by atoms with Gasteiger partial charge < -0.3 is 10.2 Å². The maximum absolute atomic E-state index is 12.9. The first-order valence-electron chi connectivity index (χ1n) is 8.98. The highest BCUT2D eigenvalue weighted by molar-refractivity contribution is 6.01. The van der Waals surface area contributed by atoms with E-state index in [1.165, 1.54) is 12.1 Å². The molecule has 1 aliphatic carbocycles. The first-order valence-corrected chi connectivity index (χ1v) is 8.98. The number of anilines is 1. The summed E-state index contributed by atoms with van der Waals surface area (Å²) in [5.41, 5.74) is 0.656. The van der Waals surface area contributed by atoms with E-state index in [9.17, 15) is 18.0 Å². The lowest BCUT2D eigenvalue weighted by Gasteiger charge is -2.23. The molecule has 1 heterocycles.